The van der Waals surface area contributed by atoms with Gasteiger partial charge >= 0.3 is 0 Å². The van der Waals surface area contributed by atoms with Gasteiger partial charge in [0.05, 0.1) is 4.92 Å². The number of benzene rings is 2. The van der Waals surface area contributed by atoms with Gasteiger partial charge < -0.3 is 10.2 Å². The Morgan fingerprint density at radius 3 is 2.46 bits per heavy atom. The van der Waals surface area contributed by atoms with E-state index in [1.165, 1.54) is 11.8 Å². The number of nitro groups is 1. The second-order valence-electron chi connectivity index (χ2n) is 6.98. The molecule has 2 aromatic carbocycles. The topological polar surface area (TPSA) is 78.7 Å². The van der Waals surface area contributed by atoms with Crippen molar-refractivity contribution in [2.24, 2.45) is 0 Å². The number of para-hydroxylation sites is 1. The van der Waals surface area contributed by atoms with Crippen LogP contribution in [0.3, 0.4) is 0 Å². The van der Waals surface area contributed by atoms with Crippen molar-refractivity contribution in [3.05, 3.63) is 69.8 Å². The first kappa shape index (κ1) is 19.8. The van der Waals surface area contributed by atoms with Crippen LogP contribution in [0.15, 0.2) is 48.5 Å². The van der Waals surface area contributed by atoms with E-state index in [0.29, 0.717) is 17.7 Å². The van der Waals surface area contributed by atoms with Crippen molar-refractivity contribution >= 4 is 17.3 Å². The first-order valence-electron chi connectivity index (χ1n) is 9.61. The van der Waals surface area contributed by atoms with Crippen molar-refractivity contribution < 1.29 is 9.72 Å². The second kappa shape index (κ2) is 9.32. The lowest BCUT2D eigenvalue weighted by molar-refractivity contribution is -0.385. The van der Waals surface area contributed by atoms with Crippen LogP contribution in [0.2, 0.25) is 0 Å². The number of nitro benzene ring substituents is 1. The quantitative estimate of drug-likeness (QED) is 0.453. The average molecular weight is 382 g/mol. The molecule has 1 aliphatic heterocycles. The minimum Gasteiger partial charge on any atom is -0.369 e. The van der Waals surface area contributed by atoms with Gasteiger partial charge in [-0.25, -0.2) is 0 Å². The predicted octanol–water partition coefficient (Wildman–Crippen LogP) is 2.85. The zero-order valence-corrected chi connectivity index (χ0v) is 16.1. The van der Waals surface area contributed by atoms with Gasteiger partial charge in [-0.1, -0.05) is 24.3 Å². The standard InChI is InChI=1S/C21H26N4O3/c1-17-19(9-5-10-20(17)25(27)28)21(26)22-11-6-12-23-13-15-24(16-14-23)18-7-3-2-4-8-18/h2-5,7-10H,6,11-16H2,1H3,(H,22,26). The molecule has 0 saturated carbocycles. The van der Waals surface area contributed by atoms with Crippen LogP contribution in [0, 0.1) is 17.0 Å². The minimum atomic E-state index is -0.457. The molecular weight excluding hydrogens is 356 g/mol. The summed E-state index contributed by atoms with van der Waals surface area (Å²) in [6, 6.07) is 15.0. The van der Waals surface area contributed by atoms with E-state index in [9.17, 15) is 14.9 Å². The van der Waals surface area contributed by atoms with Crippen molar-refractivity contribution in [2.75, 3.05) is 44.2 Å². The van der Waals surface area contributed by atoms with Crippen LogP contribution < -0.4 is 10.2 Å². The summed E-state index contributed by atoms with van der Waals surface area (Å²) in [4.78, 5) is 27.7. The Kier molecular flexibility index (Phi) is 6.60. The van der Waals surface area contributed by atoms with Crippen molar-refractivity contribution in [3.8, 4) is 0 Å². The first-order valence-corrected chi connectivity index (χ1v) is 9.61. The van der Waals surface area contributed by atoms with E-state index in [2.05, 4.69) is 39.4 Å². The van der Waals surface area contributed by atoms with E-state index in [1.54, 1.807) is 19.1 Å². The predicted molar refractivity (Wildman–Crippen MR) is 110 cm³/mol. The van der Waals surface area contributed by atoms with Crippen LogP contribution in [0.5, 0.6) is 0 Å². The Morgan fingerprint density at radius 1 is 1.07 bits per heavy atom. The molecule has 1 amide bonds. The number of carbonyl (C=O) groups excluding carboxylic acids is 1. The summed E-state index contributed by atoms with van der Waals surface area (Å²) < 4.78 is 0. The average Bonchev–Trinajstić information content (AvgIpc) is 2.72. The zero-order chi connectivity index (χ0) is 19.9. The molecule has 148 valence electrons. The number of amides is 1. The molecule has 0 aromatic heterocycles. The van der Waals surface area contributed by atoms with Gasteiger partial charge in [-0.2, -0.15) is 0 Å². The monoisotopic (exact) mass is 382 g/mol. The molecule has 0 bridgehead atoms. The molecule has 1 N–H and O–H groups in total. The largest absolute Gasteiger partial charge is 0.369 e. The van der Waals surface area contributed by atoms with Crippen LogP contribution >= 0.6 is 0 Å². The lowest BCUT2D eigenvalue weighted by Gasteiger charge is -2.36. The van der Waals surface area contributed by atoms with Crippen LogP contribution in [-0.2, 0) is 0 Å². The number of nitrogens with zero attached hydrogens (tertiary/aromatic N) is 3. The number of hydrogen-bond acceptors (Lipinski definition) is 5. The van der Waals surface area contributed by atoms with Gasteiger partial charge in [0.1, 0.15) is 0 Å². The molecule has 0 unspecified atom stereocenters. The van der Waals surface area contributed by atoms with E-state index in [0.717, 1.165) is 39.1 Å². The molecule has 2 aromatic rings. The minimum absolute atomic E-state index is 0.0241. The fourth-order valence-corrected chi connectivity index (χ4v) is 3.54. The third kappa shape index (κ3) is 4.86. The Bertz CT molecular complexity index is 818. The highest BCUT2D eigenvalue weighted by Gasteiger charge is 2.18. The molecule has 0 atom stereocenters. The first-order chi connectivity index (χ1) is 13.6. The molecular formula is C21H26N4O3. The number of anilines is 1. The van der Waals surface area contributed by atoms with Gasteiger partial charge in [-0.05, 0) is 38.1 Å². The summed E-state index contributed by atoms with van der Waals surface area (Å²) in [6.07, 6.45) is 0.852. The van der Waals surface area contributed by atoms with Crippen molar-refractivity contribution in [3.63, 3.8) is 0 Å². The SMILES string of the molecule is Cc1c(C(=O)NCCCN2CCN(c3ccccc3)CC2)cccc1[N+](=O)[O-]. The fraction of sp³-hybridized carbons (Fsp3) is 0.381. The maximum atomic E-state index is 12.3. The lowest BCUT2D eigenvalue weighted by Crippen LogP contribution is -2.47. The van der Waals surface area contributed by atoms with Gasteiger partial charge in [-0.15, -0.1) is 0 Å². The summed E-state index contributed by atoms with van der Waals surface area (Å²) in [6.45, 7) is 7.11. The van der Waals surface area contributed by atoms with Gasteiger partial charge in [0.15, 0.2) is 0 Å². The highest BCUT2D eigenvalue weighted by atomic mass is 16.6. The highest BCUT2D eigenvalue weighted by Crippen LogP contribution is 2.21. The molecule has 28 heavy (non-hydrogen) atoms. The number of rotatable bonds is 7. The van der Waals surface area contributed by atoms with E-state index >= 15 is 0 Å². The molecule has 0 aliphatic carbocycles. The molecule has 7 heteroatoms. The molecule has 7 nitrogen and oxygen atoms in total. The molecule has 3 rings (SSSR count). The van der Waals surface area contributed by atoms with Crippen molar-refractivity contribution in [1.29, 1.82) is 0 Å². The summed E-state index contributed by atoms with van der Waals surface area (Å²) in [7, 11) is 0. The van der Waals surface area contributed by atoms with Crippen LogP contribution in [0.25, 0.3) is 0 Å². The number of nitrogens with one attached hydrogen (secondary N) is 1. The van der Waals surface area contributed by atoms with Gasteiger partial charge in [-0.3, -0.25) is 19.8 Å². The van der Waals surface area contributed by atoms with Gasteiger partial charge in [0, 0.05) is 55.6 Å². The zero-order valence-electron chi connectivity index (χ0n) is 16.1. The molecule has 1 fully saturated rings. The number of piperazine rings is 1. The normalized spacial score (nSPS) is 14.7. The molecule has 0 spiro atoms. The van der Waals surface area contributed by atoms with E-state index in [-0.39, 0.29) is 11.6 Å². The Morgan fingerprint density at radius 2 is 1.79 bits per heavy atom. The summed E-state index contributed by atoms with van der Waals surface area (Å²) >= 11 is 0. The second-order valence-corrected chi connectivity index (χ2v) is 6.98. The summed E-state index contributed by atoms with van der Waals surface area (Å²) in [5.41, 5.74) is 2.01. The maximum absolute atomic E-state index is 12.3. The van der Waals surface area contributed by atoms with Gasteiger partial charge in [0.25, 0.3) is 11.6 Å². The van der Waals surface area contributed by atoms with Gasteiger partial charge in [0.2, 0.25) is 0 Å². The van der Waals surface area contributed by atoms with Crippen LogP contribution in [0.4, 0.5) is 11.4 Å². The van der Waals surface area contributed by atoms with Crippen molar-refractivity contribution in [1.82, 2.24) is 10.2 Å². The Labute approximate surface area is 165 Å². The molecule has 0 radical (unpaired) electrons. The number of carbonyl (C=O) groups is 1. The summed E-state index contributed by atoms with van der Waals surface area (Å²) in [5, 5.41) is 13.9. The number of hydrogen-bond donors (Lipinski definition) is 1. The summed E-state index contributed by atoms with van der Waals surface area (Å²) in [5.74, 6) is -0.255. The van der Waals surface area contributed by atoms with E-state index in [4.69, 9.17) is 0 Å². The third-order valence-electron chi connectivity index (χ3n) is 5.18. The van der Waals surface area contributed by atoms with Crippen molar-refractivity contribution in [2.45, 2.75) is 13.3 Å². The molecule has 1 aliphatic rings. The lowest BCUT2D eigenvalue weighted by atomic mass is 10.1. The Hall–Kier alpha value is -2.93. The van der Waals surface area contributed by atoms with E-state index in [1.807, 2.05) is 6.07 Å². The highest BCUT2D eigenvalue weighted by molar-refractivity contribution is 5.96. The smallest absolute Gasteiger partial charge is 0.273 e. The maximum Gasteiger partial charge on any atom is 0.273 e. The fourth-order valence-electron chi connectivity index (χ4n) is 3.54. The van der Waals surface area contributed by atoms with Crippen LogP contribution in [0.1, 0.15) is 22.3 Å². The van der Waals surface area contributed by atoms with Crippen LogP contribution in [-0.4, -0.2) is 55.0 Å². The van der Waals surface area contributed by atoms with E-state index < -0.39 is 4.92 Å². The third-order valence-corrected chi connectivity index (χ3v) is 5.18. The molecule has 1 heterocycles. The Balaban J connectivity index is 1.40. The molecule has 1 saturated heterocycles.